The Kier molecular flexibility index (Phi) is 4.07. The molecule has 2 aliphatic rings. The summed E-state index contributed by atoms with van der Waals surface area (Å²) in [5.74, 6) is 0.329. The number of carbonyl (C=O) groups excluding carboxylic acids is 3. The fraction of sp³-hybridized carbons (Fsp3) is 0.471. The van der Waals surface area contributed by atoms with Gasteiger partial charge in [0.1, 0.15) is 5.78 Å². The average molecular weight is 317 g/mol. The van der Waals surface area contributed by atoms with Crippen LogP contribution in [0.4, 0.5) is 0 Å². The molecule has 1 aromatic rings. The van der Waals surface area contributed by atoms with Crippen LogP contribution in [0.3, 0.4) is 0 Å². The van der Waals surface area contributed by atoms with Crippen molar-refractivity contribution >= 4 is 17.6 Å². The molecule has 1 aromatic carbocycles. The third kappa shape index (κ3) is 2.58. The molecule has 2 fully saturated rings. The van der Waals surface area contributed by atoms with E-state index in [1.54, 1.807) is 18.2 Å². The fourth-order valence-electron chi connectivity index (χ4n) is 3.51. The van der Waals surface area contributed by atoms with Crippen LogP contribution >= 0.6 is 0 Å². The van der Waals surface area contributed by atoms with Gasteiger partial charge in [0.2, 0.25) is 5.91 Å². The molecule has 3 rings (SSSR count). The number of amides is 2. The predicted octanol–water partition coefficient (Wildman–Crippen LogP) is 1.81. The summed E-state index contributed by atoms with van der Waals surface area (Å²) in [6.07, 6.45) is 1.80. The summed E-state index contributed by atoms with van der Waals surface area (Å²) in [5, 5.41) is 0. The molecule has 2 atom stereocenters. The van der Waals surface area contributed by atoms with Crippen molar-refractivity contribution in [2.45, 2.75) is 31.7 Å². The Morgan fingerprint density at radius 3 is 2.52 bits per heavy atom. The highest BCUT2D eigenvalue weighted by atomic mass is 16.5. The van der Waals surface area contributed by atoms with Crippen molar-refractivity contribution in [2.75, 3.05) is 14.2 Å². The SMILES string of the molecule is COc1ccc(C(=O)N2C(=O)CC[C@H]3C(=O)CC[C@H]32)cc1OC. The largest absolute Gasteiger partial charge is 0.493 e. The van der Waals surface area contributed by atoms with Crippen LogP contribution in [0.15, 0.2) is 18.2 Å². The lowest BCUT2D eigenvalue weighted by atomic mass is 9.90. The van der Waals surface area contributed by atoms with Crippen molar-refractivity contribution in [1.82, 2.24) is 4.90 Å². The molecule has 1 aliphatic carbocycles. The molecule has 0 bridgehead atoms. The van der Waals surface area contributed by atoms with Crippen LogP contribution in [0.25, 0.3) is 0 Å². The summed E-state index contributed by atoms with van der Waals surface area (Å²) in [7, 11) is 3.01. The summed E-state index contributed by atoms with van der Waals surface area (Å²) in [6, 6.07) is 4.51. The molecule has 1 saturated carbocycles. The van der Waals surface area contributed by atoms with E-state index in [2.05, 4.69) is 0 Å². The van der Waals surface area contributed by atoms with E-state index < -0.39 is 0 Å². The number of imide groups is 1. The fourth-order valence-corrected chi connectivity index (χ4v) is 3.51. The summed E-state index contributed by atoms with van der Waals surface area (Å²) >= 11 is 0. The number of rotatable bonds is 3. The van der Waals surface area contributed by atoms with Crippen LogP contribution in [-0.2, 0) is 9.59 Å². The number of hydrogen-bond acceptors (Lipinski definition) is 5. The molecule has 0 unspecified atom stereocenters. The molecule has 0 spiro atoms. The van der Waals surface area contributed by atoms with Crippen molar-refractivity contribution < 1.29 is 23.9 Å². The molecule has 6 nitrogen and oxygen atoms in total. The van der Waals surface area contributed by atoms with Crippen molar-refractivity contribution in [1.29, 1.82) is 0 Å². The minimum absolute atomic E-state index is 0.160. The first-order chi connectivity index (χ1) is 11.1. The van der Waals surface area contributed by atoms with E-state index in [0.29, 0.717) is 36.3 Å². The number of piperidine rings is 1. The van der Waals surface area contributed by atoms with Gasteiger partial charge in [0.15, 0.2) is 11.5 Å². The first-order valence-electron chi connectivity index (χ1n) is 7.68. The smallest absolute Gasteiger partial charge is 0.260 e. The molecule has 6 heteroatoms. The highest BCUT2D eigenvalue weighted by Gasteiger charge is 2.46. The number of ether oxygens (including phenoxy) is 2. The van der Waals surface area contributed by atoms with Crippen molar-refractivity contribution in [2.24, 2.45) is 5.92 Å². The zero-order valence-corrected chi connectivity index (χ0v) is 13.2. The van der Waals surface area contributed by atoms with Crippen LogP contribution in [0.2, 0.25) is 0 Å². The predicted molar refractivity (Wildman–Crippen MR) is 81.5 cm³/mol. The third-order valence-electron chi connectivity index (χ3n) is 4.68. The lowest BCUT2D eigenvalue weighted by molar-refractivity contribution is -0.135. The van der Waals surface area contributed by atoms with Crippen LogP contribution in [0.5, 0.6) is 11.5 Å². The van der Waals surface area contributed by atoms with Crippen molar-refractivity contribution in [3.8, 4) is 11.5 Å². The average Bonchev–Trinajstić information content (AvgIpc) is 2.94. The van der Waals surface area contributed by atoms with E-state index in [9.17, 15) is 14.4 Å². The zero-order valence-electron chi connectivity index (χ0n) is 13.2. The lowest BCUT2D eigenvalue weighted by Crippen LogP contribution is -2.50. The number of benzene rings is 1. The van der Waals surface area contributed by atoms with E-state index in [0.717, 1.165) is 0 Å². The topological polar surface area (TPSA) is 72.9 Å². The van der Waals surface area contributed by atoms with Crippen molar-refractivity contribution in [3.63, 3.8) is 0 Å². The van der Waals surface area contributed by atoms with E-state index in [1.165, 1.54) is 19.1 Å². The first-order valence-corrected chi connectivity index (χ1v) is 7.68. The molecular formula is C17H19NO5. The Morgan fingerprint density at radius 2 is 1.83 bits per heavy atom. The van der Waals surface area contributed by atoms with E-state index in [1.807, 2.05) is 0 Å². The number of methoxy groups -OCH3 is 2. The van der Waals surface area contributed by atoms with Gasteiger partial charge in [0, 0.05) is 24.3 Å². The first kappa shape index (κ1) is 15.5. The minimum atomic E-state index is -0.375. The molecule has 0 aromatic heterocycles. The number of nitrogens with zero attached hydrogens (tertiary/aromatic N) is 1. The quantitative estimate of drug-likeness (QED) is 0.795. The number of hydrogen-bond donors (Lipinski definition) is 0. The van der Waals surface area contributed by atoms with Gasteiger partial charge in [0.05, 0.1) is 20.3 Å². The zero-order chi connectivity index (χ0) is 16.6. The Labute approximate surface area is 134 Å². The maximum atomic E-state index is 12.8. The highest BCUT2D eigenvalue weighted by Crippen LogP contribution is 2.36. The Morgan fingerprint density at radius 1 is 1.09 bits per heavy atom. The van der Waals surface area contributed by atoms with Gasteiger partial charge in [0.25, 0.3) is 5.91 Å². The Bertz CT molecular complexity index is 669. The van der Waals surface area contributed by atoms with Crippen LogP contribution in [0, 0.1) is 5.92 Å². The molecular weight excluding hydrogens is 298 g/mol. The summed E-state index contributed by atoms with van der Waals surface area (Å²) < 4.78 is 10.4. The minimum Gasteiger partial charge on any atom is -0.493 e. The normalized spacial score (nSPS) is 23.7. The van der Waals surface area contributed by atoms with E-state index >= 15 is 0 Å². The van der Waals surface area contributed by atoms with E-state index in [4.69, 9.17) is 9.47 Å². The molecule has 0 N–H and O–H groups in total. The number of likely N-dealkylation sites (tertiary alicyclic amines) is 1. The molecule has 23 heavy (non-hydrogen) atoms. The Hall–Kier alpha value is -2.37. The van der Waals surface area contributed by atoms with Gasteiger partial charge in [-0.15, -0.1) is 0 Å². The van der Waals surface area contributed by atoms with Gasteiger partial charge >= 0.3 is 0 Å². The second-order valence-electron chi connectivity index (χ2n) is 5.86. The summed E-state index contributed by atoms with van der Waals surface area (Å²) in [6.45, 7) is 0. The standard InChI is InChI=1S/C17H19NO5/c1-22-14-7-3-10(9-15(14)23-2)17(21)18-12-5-6-13(19)11(12)4-8-16(18)20/h3,7,9,11-12H,4-6,8H2,1-2H3/t11-,12-/m1/s1. The van der Waals surface area contributed by atoms with Gasteiger partial charge < -0.3 is 9.47 Å². The monoisotopic (exact) mass is 317 g/mol. The maximum Gasteiger partial charge on any atom is 0.260 e. The number of carbonyl (C=O) groups is 3. The Balaban J connectivity index is 1.92. The maximum absolute atomic E-state index is 12.8. The molecule has 0 radical (unpaired) electrons. The molecule has 1 saturated heterocycles. The molecule has 2 amide bonds. The van der Waals surface area contributed by atoms with Gasteiger partial charge in [-0.2, -0.15) is 0 Å². The van der Waals surface area contributed by atoms with Crippen molar-refractivity contribution in [3.05, 3.63) is 23.8 Å². The second-order valence-corrected chi connectivity index (χ2v) is 5.86. The van der Waals surface area contributed by atoms with Crippen LogP contribution in [-0.4, -0.2) is 42.8 Å². The third-order valence-corrected chi connectivity index (χ3v) is 4.68. The molecule has 122 valence electrons. The number of ketones is 1. The summed E-state index contributed by atoms with van der Waals surface area (Å²) in [4.78, 5) is 38.3. The summed E-state index contributed by atoms with van der Waals surface area (Å²) in [5.41, 5.74) is 0.357. The number of fused-ring (bicyclic) bond motifs is 1. The molecule has 1 heterocycles. The highest BCUT2D eigenvalue weighted by molar-refractivity contribution is 6.06. The van der Waals surface area contributed by atoms with E-state index in [-0.39, 0.29) is 36.0 Å². The lowest BCUT2D eigenvalue weighted by Gasteiger charge is -2.35. The van der Waals surface area contributed by atoms with Gasteiger partial charge in [-0.1, -0.05) is 0 Å². The molecule has 1 aliphatic heterocycles. The van der Waals surface area contributed by atoms with Crippen LogP contribution in [0.1, 0.15) is 36.0 Å². The van der Waals surface area contributed by atoms with Gasteiger partial charge in [-0.05, 0) is 31.0 Å². The number of Topliss-reactive ketones (excluding diaryl/α,β-unsaturated/α-hetero) is 1. The van der Waals surface area contributed by atoms with Gasteiger partial charge in [-0.3, -0.25) is 19.3 Å². The van der Waals surface area contributed by atoms with Crippen LogP contribution < -0.4 is 9.47 Å². The van der Waals surface area contributed by atoms with Gasteiger partial charge in [-0.25, -0.2) is 0 Å². The second kappa shape index (κ2) is 6.02.